The van der Waals surface area contributed by atoms with E-state index in [9.17, 15) is 24.0 Å². The van der Waals surface area contributed by atoms with Crippen molar-refractivity contribution in [1.82, 2.24) is 0 Å². The van der Waals surface area contributed by atoms with Crippen LogP contribution in [0.2, 0.25) is 0 Å². The van der Waals surface area contributed by atoms with Crippen LogP contribution < -0.4 is 13.3 Å². The fourth-order valence-electron chi connectivity index (χ4n) is 11.2. The Kier molecular flexibility index (Phi) is 22.2. The van der Waals surface area contributed by atoms with Crippen molar-refractivity contribution in [2.75, 3.05) is 0 Å². The molecule has 2 unspecified atom stereocenters. The summed E-state index contributed by atoms with van der Waals surface area (Å²) in [6.45, 7) is 25.5. The monoisotopic (exact) mass is 1510 g/mol. The van der Waals surface area contributed by atoms with Gasteiger partial charge >= 0.3 is 74.4 Å². The van der Waals surface area contributed by atoms with E-state index in [2.05, 4.69) is 148 Å². The molecule has 344 valence electrons. The number of fused-ring (bicyclic) bond motifs is 5. The van der Waals surface area contributed by atoms with Crippen molar-refractivity contribution in [3.63, 3.8) is 0 Å². The number of halogens is 6. The number of allylic oxidation sites excluding steroid dienone is 4. The molecule has 0 heterocycles. The second-order valence-corrected chi connectivity index (χ2v) is 36.2. The molecule has 10 atom stereocenters. The number of carbonyl (C=O) groups is 5. The zero-order chi connectivity index (χ0) is 45.1. The van der Waals surface area contributed by atoms with E-state index >= 15 is 0 Å². The van der Waals surface area contributed by atoms with Gasteiger partial charge in [0.25, 0.3) is 0 Å². The summed E-state index contributed by atoms with van der Waals surface area (Å²) in [5.41, 5.74) is 0.650. The van der Waals surface area contributed by atoms with Crippen molar-refractivity contribution in [2.24, 2.45) is 69.0 Å². The predicted molar refractivity (Wildman–Crippen MR) is 276 cm³/mol. The summed E-state index contributed by atoms with van der Waals surface area (Å²) >= 11 is 9.54. The first-order valence-electron chi connectivity index (χ1n) is 20.6. The van der Waals surface area contributed by atoms with Gasteiger partial charge < -0.3 is 18.9 Å². The van der Waals surface area contributed by atoms with Crippen molar-refractivity contribution >= 4 is 128 Å². The van der Waals surface area contributed by atoms with Gasteiger partial charge in [-0.25, -0.2) is 0 Å². The van der Waals surface area contributed by atoms with E-state index in [1.54, 1.807) is 6.08 Å². The molecule has 6 saturated carbocycles. The van der Waals surface area contributed by atoms with E-state index in [0.717, 1.165) is 49.7 Å². The molecular formula is C45H67I6O9-. The number of rotatable bonds is 4. The molecule has 0 N–H and O–H groups in total. The standard InChI is InChI=1S/C13H18O4.C12H18O2.C11H16O2.C9H14O.I3.I2.HI/c1-7(14)16-11-6-12(17-8(2)15)10-5-9(11)13(10,3)4;1-8(13)14-12(4)6-5-9-7-10(12)11(9,2)3;1-7(12)13-10-5-4-8-6-9(10)11(8,2)3;1-9(2)6-3-4-8(10)7(9)5-6;1-3-2;1-2;/h6,9-11H,5H2,1-4H3;5-6,9-10H,7H2,1-4H3;5,8-9H,4,6H2,1-3H3;6-7H,3-5H2,1-2H3;;;1H/q;;;;-1;;/t9-,10+,11?;9-,10+,12?;8-,9-;6-,7-;;;/m1000.../s1. The molecule has 15 heteroatoms. The molecule has 0 aromatic rings. The third-order valence-electron chi connectivity index (χ3n) is 15.3. The van der Waals surface area contributed by atoms with Crippen LogP contribution >= 0.6 is 98.4 Å². The van der Waals surface area contributed by atoms with Crippen LogP contribution in [-0.2, 0) is 42.9 Å². The minimum atomic E-state index is -0.371. The molecule has 0 amide bonds. The Morgan fingerprint density at radius 2 is 1.20 bits per heavy atom. The summed E-state index contributed by atoms with van der Waals surface area (Å²) in [6.07, 6.45) is 15.4. The summed E-state index contributed by atoms with van der Waals surface area (Å²) in [5.74, 6) is 5.43. The van der Waals surface area contributed by atoms with Gasteiger partial charge in [-0.3, -0.25) is 24.0 Å². The maximum absolute atomic E-state index is 11.2. The second-order valence-electron chi connectivity index (χ2n) is 19.9. The van der Waals surface area contributed by atoms with E-state index in [-0.39, 0.29) is 70.9 Å². The van der Waals surface area contributed by atoms with E-state index in [1.807, 2.05) is 6.92 Å². The Morgan fingerprint density at radius 1 is 0.683 bits per heavy atom. The van der Waals surface area contributed by atoms with Gasteiger partial charge in [0.15, 0.2) is 0 Å². The van der Waals surface area contributed by atoms with Crippen molar-refractivity contribution in [3.05, 3.63) is 35.8 Å². The normalized spacial score (nSPS) is 34.5. The van der Waals surface area contributed by atoms with Crippen LogP contribution in [0.25, 0.3) is 0 Å². The third kappa shape index (κ3) is 13.0. The molecule has 0 saturated heterocycles. The topological polar surface area (TPSA) is 122 Å². The van der Waals surface area contributed by atoms with Crippen LogP contribution in [0, 0.1) is 69.0 Å². The molecule has 0 spiro atoms. The minimum absolute atomic E-state index is 0. The van der Waals surface area contributed by atoms with Gasteiger partial charge in [-0.1, -0.05) is 61.5 Å². The average Bonchev–Trinajstić information content (AvgIpc) is 3.11. The number of ketones is 1. The van der Waals surface area contributed by atoms with E-state index in [0.29, 0.717) is 70.6 Å². The number of ether oxygens (including phenoxy) is 4. The molecule has 12 rings (SSSR count). The number of carbonyl (C=O) groups excluding carboxylic acids is 5. The van der Waals surface area contributed by atoms with E-state index < -0.39 is 0 Å². The molecule has 0 aromatic heterocycles. The zero-order valence-corrected chi connectivity index (χ0v) is 50.5. The average molecular weight is 1510 g/mol. The summed E-state index contributed by atoms with van der Waals surface area (Å²) in [6, 6.07) is 0. The zero-order valence-electron chi connectivity index (χ0n) is 37.4. The predicted octanol–water partition coefficient (Wildman–Crippen LogP) is 10.3. The number of esters is 4. The summed E-state index contributed by atoms with van der Waals surface area (Å²) in [7, 11) is 0. The van der Waals surface area contributed by atoms with Gasteiger partial charge in [-0.15, -0.1) is 24.0 Å². The number of hydrogen-bond acceptors (Lipinski definition) is 9. The summed E-state index contributed by atoms with van der Waals surface area (Å²) in [5, 5.41) is 0. The molecule has 0 aliphatic heterocycles. The number of hydrogen-bond donors (Lipinski definition) is 0. The summed E-state index contributed by atoms with van der Waals surface area (Å²) < 4.78 is 21.1. The number of Topliss-reactive ketones (excluding diaryl/α,β-unsaturated/α-hetero) is 1. The summed E-state index contributed by atoms with van der Waals surface area (Å²) in [4.78, 5) is 55.2. The molecule has 9 nitrogen and oxygen atoms in total. The van der Waals surface area contributed by atoms with Crippen molar-refractivity contribution < 1.29 is 56.2 Å². The SMILES string of the molecule is CC(=O)OC1(C)C=C[C@H]2C[C@@H]1C2(C)C.CC(=O)OC1=CC(OC(C)=O)[C@H]2C[C@@H]1C2(C)C.CC(=O)OC1=CC[C@H]2C[C@@H]1C2(C)C.CC1(C)[C@H]2CCC(=O)[C@@H]1C2.I.II.I[I-]I. The molecule has 8 bridgehead atoms. The Labute approximate surface area is 430 Å². The van der Waals surface area contributed by atoms with Crippen LogP contribution in [-0.4, -0.2) is 41.4 Å². The maximum atomic E-state index is 11.2. The van der Waals surface area contributed by atoms with Gasteiger partial charge in [0.05, 0.1) is 0 Å². The Balaban J connectivity index is 0.000000267. The van der Waals surface area contributed by atoms with Crippen LogP contribution in [0.1, 0.15) is 135 Å². The van der Waals surface area contributed by atoms with Gasteiger partial charge in [-0.05, 0) is 103 Å². The van der Waals surface area contributed by atoms with Gasteiger partial charge in [-0.2, -0.15) is 0 Å². The first-order valence-corrected chi connectivity index (χ1v) is 39.5. The fourth-order valence-corrected chi connectivity index (χ4v) is 11.2. The van der Waals surface area contributed by atoms with Crippen molar-refractivity contribution in [3.8, 4) is 0 Å². The molecular weight excluding hydrogens is 1450 g/mol. The van der Waals surface area contributed by atoms with Crippen molar-refractivity contribution in [1.29, 1.82) is 0 Å². The van der Waals surface area contributed by atoms with E-state index in [1.165, 1.54) is 40.5 Å². The second kappa shape index (κ2) is 23.2. The quantitative estimate of drug-likeness (QED) is 0.117. The van der Waals surface area contributed by atoms with E-state index in [4.69, 9.17) is 18.9 Å². The Morgan fingerprint density at radius 3 is 1.58 bits per heavy atom. The Hall–Kier alpha value is 1.15. The third-order valence-corrected chi connectivity index (χ3v) is 15.3. The van der Waals surface area contributed by atoms with Crippen LogP contribution in [0.3, 0.4) is 0 Å². The first-order chi connectivity index (χ1) is 27.2. The molecule has 60 heavy (non-hydrogen) atoms. The molecule has 12 aliphatic carbocycles. The molecule has 6 fully saturated rings. The molecule has 0 aromatic carbocycles. The van der Waals surface area contributed by atoms with Gasteiger partial charge in [0.1, 0.15) is 29.0 Å². The van der Waals surface area contributed by atoms with Gasteiger partial charge in [0, 0.05) is 101 Å². The Bertz CT molecular complexity index is 1670. The molecule has 12 aliphatic rings. The van der Waals surface area contributed by atoms with Crippen LogP contribution in [0.4, 0.5) is 0 Å². The first kappa shape index (κ1) is 57.3. The van der Waals surface area contributed by atoms with Crippen LogP contribution in [0.15, 0.2) is 35.8 Å². The molecule has 0 radical (unpaired) electrons. The van der Waals surface area contributed by atoms with Crippen LogP contribution in [0.5, 0.6) is 0 Å². The van der Waals surface area contributed by atoms with Crippen molar-refractivity contribution in [2.45, 2.75) is 147 Å². The fraction of sp³-hybridized carbons (Fsp3) is 0.756. The van der Waals surface area contributed by atoms with Gasteiger partial charge in [0.2, 0.25) is 0 Å².